The molecular weight excluding hydrogens is 804 g/mol. The molecule has 4 saturated heterocycles. The van der Waals surface area contributed by atoms with Crippen molar-refractivity contribution in [1.82, 2.24) is 0 Å². The van der Waals surface area contributed by atoms with Crippen LogP contribution >= 0.6 is 0 Å². The summed E-state index contributed by atoms with van der Waals surface area (Å²) in [5.74, 6) is -7.22. The fourth-order valence-corrected chi connectivity index (χ4v) is 11.3. The third-order valence-corrected chi connectivity index (χ3v) is 15.7. The second-order valence-electron chi connectivity index (χ2n) is 19.6. The minimum Gasteiger partial charge on any atom is -0.550 e. The molecule has 0 aliphatic carbocycles. The van der Waals surface area contributed by atoms with Gasteiger partial charge in [0.2, 0.25) is 5.79 Å². The van der Waals surface area contributed by atoms with Crippen molar-refractivity contribution in [1.29, 1.82) is 0 Å². The number of carboxylic acid groups (broad SMARTS) is 1. The predicted octanol–water partition coefficient (Wildman–Crippen LogP) is 3.72. The molecule has 62 heavy (non-hydrogen) atoms. The van der Waals surface area contributed by atoms with E-state index in [9.17, 15) is 29.7 Å². The molecule has 1 aromatic rings. The molecule has 2 N–H and O–H groups in total. The summed E-state index contributed by atoms with van der Waals surface area (Å²) in [5, 5.41) is 35.0. The van der Waals surface area contributed by atoms with E-state index in [1.807, 2.05) is 66.7 Å². The normalized spacial score (nSPS) is 40.8. The first-order chi connectivity index (χ1) is 28.8. The molecule has 2 spiro atoms. The molecule has 12 nitrogen and oxygen atoms in total. The van der Waals surface area contributed by atoms with E-state index in [0.29, 0.717) is 63.4 Å². The second kappa shape index (κ2) is 20.4. The molecule has 5 aliphatic rings. The second-order valence-corrected chi connectivity index (χ2v) is 19.6. The van der Waals surface area contributed by atoms with Crippen LogP contribution < -0.4 is 34.7 Å². The van der Waals surface area contributed by atoms with Crippen LogP contribution in [-0.4, -0.2) is 93.4 Å². The third-order valence-electron chi connectivity index (χ3n) is 15.7. The number of Topliss-reactive ketones (excluding diaryl/α,β-unsaturated/α-hetero) is 1. The number of aliphatic hydroxyl groups is 2. The zero-order valence-electron chi connectivity index (χ0n) is 39.2. The molecule has 0 saturated carbocycles. The van der Waals surface area contributed by atoms with Gasteiger partial charge in [0.1, 0.15) is 5.78 Å². The van der Waals surface area contributed by atoms with Crippen molar-refractivity contribution < 1.29 is 87.7 Å². The van der Waals surface area contributed by atoms with Gasteiger partial charge in [-0.3, -0.25) is 4.79 Å². The molecule has 0 aromatic heterocycles. The molecular formula is C49H73NaO12. The Balaban J connectivity index is 0.00000726. The maximum Gasteiger partial charge on any atom is 1.00 e. The van der Waals surface area contributed by atoms with Crippen molar-refractivity contribution in [3.8, 4) is 0 Å². The van der Waals surface area contributed by atoms with E-state index in [1.54, 1.807) is 31.2 Å². The number of aliphatic carboxylic acids is 1. The Hall–Kier alpha value is -1.71. The maximum absolute atomic E-state index is 14.7. The predicted molar refractivity (Wildman–Crippen MR) is 226 cm³/mol. The van der Waals surface area contributed by atoms with Gasteiger partial charge in [0.05, 0.1) is 53.4 Å². The van der Waals surface area contributed by atoms with Crippen LogP contribution in [0, 0.1) is 41.4 Å². The summed E-state index contributed by atoms with van der Waals surface area (Å²) in [7, 11) is 0. The topological polar surface area (TPSA) is 170 Å². The van der Waals surface area contributed by atoms with E-state index < -0.39 is 95.0 Å². The first-order valence-corrected chi connectivity index (χ1v) is 23.3. The van der Waals surface area contributed by atoms with Gasteiger partial charge in [0.15, 0.2) is 11.9 Å². The summed E-state index contributed by atoms with van der Waals surface area (Å²) in [4.78, 5) is 40.2. The molecule has 1 aromatic carbocycles. The van der Waals surface area contributed by atoms with Gasteiger partial charge in [0, 0.05) is 42.0 Å². The Labute approximate surface area is 391 Å². The molecule has 6 rings (SSSR count). The first-order valence-electron chi connectivity index (χ1n) is 23.3. The van der Waals surface area contributed by atoms with Gasteiger partial charge in [0.25, 0.3) is 0 Å². The van der Waals surface area contributed by atoms with Gasteiger partial charge >= 0.3 is 35.5 Å². The Morgan fingerprint density at radius 2 is 1.56 bits per heavy atom. The number of carbonyl (C=O) groups excluding carboxylic acids is 3. The van der Waals surface area contributed by atoms with Crippen LogP contribution in [0.3, 0.4) is 0 Å². The summed E-state index contributed by atoms with van der Waals surface area (Å²) in [6, 6.07) is 8.80. The summed E-state index contributed by atoms with van der Waals surface area (Å²) in [6.45, 7) is 19.5. The Morgan fingerprint density at radius 3 is 2.18 bits per heavy atom. The van der Waals surface area contributed by atoms with Crippen LogP contribution in [0.15, 0.2) is 42.5 Å². The third kappa shape index (κ3) is 10.0. The monoisotopic (exact) mass is 876 g/mol. The SMILES string of the molecule is CC[C@@H](C(=O)[C@@H](C)[C@@H](O)[C@H](C)[C@@H]1O[C@@H]([C@@H](CC)C(=O)[O-])CC[C@@H]1C)[C@H]1O[C@]2(C=C[C@@H](OC(=O)c3ccccc3)[C@]3(CC[C@@](C)([C@H]4CC[C@](O)(CC)[C@H](C)O4)O3)O2)[C@H](C)C[C@@H]1C.[Na+]. The van der Waals surface area contributed by atoms with Crippen molar-refractivity contribution in [2.75, 3.05) is 0 Å². The van der Waals surface area contributed by atoms with Crippen LogP contribution in [0.1, 0.15) is 144 Å². The quantitative estimate of drug-likeness (QED) is 0.158. The minimum atomic E-state index is -1.45. The van der Waals surface area contributed by atoms with Crippen LogP contribution in [0.4, 0.5) is 0 Å². The fourth-order valence-electron chi connectivity index (χ4n) is 11.3. The van der Waals surface area contributed by atoms with E-state index in [4.69, 9.17) is 28.4 Å². The number of ether oxygens (including phenoxy) is 6. The zero-order chi connectivity index (χ0) is 44.7. The van der Waals surface area contributed by atoms with Crippen molar-refractivity contribution in [3.63, 3.8) is 0 Å². The average molecular weight is 877 g/mol. The molecule has 0 unspecified atom stereocenters. The van der Waals surface area contributed by atoms with Gasteiger partial charge < -0.3 is 48.5 Å². The molecule has 0 bridgehead atoms. The number of benzene rings is 1. The van der Waals surface area contributed by atoms with E-state index in [1.165, 1.54) is 0 Å². The van der Waals surface area contributed by atoms with E-state index in [0.717, 1.165) is 6.42 Å². The van der Waals surface area contributed by atoms with E-state index in [2.05, 4.69) is 13.8 Å². The Morgan fingerprint density at radius 1 is 0.887 bits per heavy atom. The van der Waals surface area contributed by atoms with Crippen LogP contribution in [0.25, 0.3) is 0 Å². The molecule has 13 heteroatoms. The number of hydrogen-bond donors (Lipinski definition) is 2. The van der Waals surface area contributed by atoms with Gasteiger partial charge in [-0.2, -0.15) is 0 Å². The first kappa shape index (κ1) is 51.3. The molecule has 5 aliphatic heterocycles. The van der Waals surface area contributed by atoms with Gasteiger partial charge in [-0.15, -0.1) is 0 Å². The van der Waals surface area contributed by atoms with Crippen molar-refractivity contribution >= 4 is 17.7 Å². The van der Waals surface area contributed by atoms with E-state index >= 15 is 0 Å². The zero-order valence-corrected chi connectivity index (χ0v) is 41.2. The largest absolute Gasteiger partial charge is 1.00 e. The minimum absolute atomic E-state index is 0. The summed E-state index contributed by atoms with van der Waals surface area (Å²) < 4.78 is 40.6. The van der Waals surface area contributed by atoms with Gasteiger partial charge in [-0.05, 0) is 108 Å². The Kier molecular flexibility index (Phi) is 16.9. The molecule has 0 radical (unpaired) electrons. The van der Waals surface area contributed by atoms with Crippen molar-refractivity contribution in [3.05, 3.63) is 48.0 Å². The number of ketones is 1. The number of carbonyl (C=O) groups is 3. The molecule has 342 valence electrons. The van der Waals surface area contributed by atoms with Crippen LogP contribution in [-0.2, 0) is 38.0 Å². The molecule has 4 fully saturated rings. The molecule has 5 heterocycles. The summed E-state index contributed by atoms with van der Waals surface area (Å²) in [6.07, 6.45) is 4.90. The number of rotatable bonds is 14. The molecule has 18 atom stereocenters. The molecule has 0 amide bonds. The standard InChI is InChI=1S/C49H74O12.Na/c1-11-35(44(52)53)37-20-19-28(4)42(57-37)32(8)40(50)31(7)41(51)36(12-2)43-29(5)27-30(6)48(59-43)24-22-39(58-45(54)34-17-15-14-16-18-34)49(61-48)26-25-46(10,60-49)38-21-23-47(55,13-3)33(9)56-38;/h14-18,22,24,28-33,35-40,42-43,50,55H,11-13,19-21,23,25-27H2,1-10H3,(H,52,53);/q;+1/p-1/t28-,29-,30+,31-,32-,33-,35+,36-,37+,38+,39+,40+,42+,43-,46-,47+,48-,49-;/m0./s1. The smallest absolute Gasteiger partial charge is 0.550 e. The number of hydrogen-bond acceptors (Lipinski definition) is 12. The number of aliphatic hydroxyl groups excluding tert-OH is 1. The van der Waals surface area contributed by atoms with Crippen molar-refractivity contribution in [2.45, 2.75) is 199 Å². The number of esters is 1. The summed E-state index contributed by atoms with van der Waals surface area (Å²) in [5.41, 5.74) is -1.37. The van der Waals surface area contributed by atoms with E-state index in [-0.39, 0.29) is 59.2 Å². The van der Waals surface area contributed by atoms with Crippen molar-refractivity contribution in [2.24, 2.45) is 41.4 Å². The number of carboxylic acids is 1. The van der Waals surface area contributed by atoms with Crippen LogP contribution in [0.2, 0.25) is 0 Å². The Bertz CT molecular complexity index is 1730. The van der Waals surface area contributed by atoms with Crippen LogP contribution in [0.5, 0.6) is 0 Å². The van der Waals surface area contributed by atoms with Gasteiger partial charge in [-0.1, -0.05) is 73.6 Å². The fraction of sp³-hybridized carbons (Fsp3) is 0.776. The average Bonchev–Trinajstić information content (AvgIpc) is 3.58. The van der Waals surface area contributed by atoms with Gasteiger partial charge in [-0.25, -0.2) is 4.79 Å². The maximum atomic E-state index is 14.7. The summed E-state index contributed by atoms with van der Waals surface area (Å²) >= 11 is 0.